The molecule has 5 rings (SSSR count). The van der Waals surface area contributed by atoms with Crippen molar-refractivity contribution in [1.82, 2.24) is 5.32 Å². The molecule has 0 saturated heterocycles. The minimum absolute atomic E-state index is 0.0674. The molecule has 1 heterocycles. The fourth-order valence-electron chi connectivity index (χ4n) is 4.72. The molecule has 39 heavy (non-hydrogen) atoms. The average molecular weight is 645 g/mol. The first-order valence-corrected chi connectivity index (χ1v) is 14.0. The summed E-state index contributed by atoms with van der Waals surface area (Å²) in [4.78, 5) is 25.0. The van der Waals surface area contributed by atoms with Gasteiger partial charge in [-0.1, -0.05) is 72.8 Å². The molecule has 0 saturated carbocycles. The van der Waals surface area contributed by atoms with Crippen LogP contribution >= 0.6 is 31.9 Å². The van der Waals surface area contributed by atoms with Gasteiger partial charge in [0.25, 0.3) is 0 Å². The Morgan fingerprint density at radius 3 is 2.31 bits per heavy atom. The molecule has 0 radical (unpaired) electrons. The number of nitrogens with zero attached hydrogens (tertiary/aromatic N) is 1. The number of benzene rings is 4. The summed E-state index contributed by atoms with van der Waals surface area (Å²) in [5.74, 6) is -1.35. The van der Waals surface area contributed by atoms with Gasteiger partial charge >= 0.3 is 11.9 Å². The normalized spacial score (nSPS) is 11.9. The molecule has 4 aromatic carbocycles. The van der Waals surface area contributed by atoms with Crippen LogP contribution in [-0.2, 0) is 6.54 Å². The van der Waals surface area contributed by atoms with Crippen molar-refractivity contribution < 1.29 is 19.3 Å². The highest BCUT2D eigenvalue weighted by Gasteiger charge is 2.25. The van der Waals surface area contributed by atoms with Crippen molar-refractivity contribution in [2.45, 2.75) is 19.5 Å². The van der Waals surface area contributed by atoms with Crippen molar-refractivity contribution in [2.24, 2.45) is 0 Å². The quantitative estimate of drug-likeness (QED) is 0.179. The van der Waals surface area contributed by atoms with Gasteiger partial charge in [0, 0.05) is 33.2 Å². The molecule has 5 nitrogen and oxygen atoms in total. The molecule has 0 bridgehead atoms. The maximum atomic E-state index is 13.6. The first-order chi connectivity index (χ1) is 18.8. The minimum Gasteiger partial charge on any atom is -0.478 e. The van der Waals surface area contributed by atoms with E-state index >= 15 is 0 Å². The highest BCUT2D eigenvalue weighted by molar-refractivity contribution is 9.11. The molecular weight excluding hydrogens is 620 g/mol. The Kier molecular flexibility index (Phi) is 8.02. The van der Waals surface area contributed by atoms with E-state index in [9.17, 15) is 14.7 Å². The third-order valence-corrected chi connectivity index (χ3v) is 8.08. The number of halogens is 2. The Bertz CT molecular complexity index is 1700. The lowest BCUT2D eigenvalue weighted by atomic mass is 9.98. The van der Waals surface area contributed by atoms with E-state index in [2.05, 4.69) is 92.6 Å². The van der Waals surface area contributed by atoms with Crippen molar-refractivity contribution in [3.05, 3.63) is 135 Å². The van der Waals surface area contributed by atoms with Crippen LogP contribution in [0.15, 0.2) is 112 Å². The molecule has 7 heteroatoms. The van der Waals surface area contributed by atoms with E-state index in [1.807, 2.05) is 36.5 Å². The second-order valence-corrected chi connectivity index (χ2v) is 11.0. The summed E-state index contributed by atoms with van der Waals surface area (Å²) in [5.41, 5.74) is 4.69. The highest BCUT2D eigenvalue weighted by Crippen LogP contribution is 2.28. The van der Waals surface area contributed by atoms with Gasteiger partial charge in [0.2, 0.25) is 0 Å². The van der Waals surface area contributed by atoms with E-state index in [4.69, 9.17) is 0 Å². The zero-order chi connectivity index (χ0) is 27.5. The standard InChI is InChI=1S/C32H24Br2N2O3/c1-20(24-13-7-11-22-10-5-6-12-26(22)24)35-18-23-19-36(15-14-25(23)21-8-3-2-4-9-21)31(37)27-16-30(34)28(32(38)39)17-29(27)33/h2-17,19-20,35H,18H2,1H3/p+1/t20-/m1/s1. The van der Waals surface area contributed by atoms with E-state index in [0.717, 1.165) is 16.7 Å². The third kappa shape index (κ3) is 5.71. The van der Waals surface area contributed by atoms with Crippen molar-refractivity contribution in [3.8, 4) is 11.1 Å². The van der Waals surface area contributed by atoms with Crippen LogP contribution in [0.1, 0.15) is 44.8 Å². The summed E-state index contributed by atoms with van der Waals surface area (Å²) in [5, 5.41) is 15.5. The number of carbonyl (C=O) groups excluding carboxylic acids is 1. The molecule has 0 aliphatic carbocycles. The average Bonchev–Trinajstić information content (AvgIpc) is 2.96. The molecule has 1 atom stereocenters. The van der Waals surface area contributed by atoms with Gasteiger partial charge in [-0.15, -0.1) is 4.57 Å². The van der Waals surface area contributed by atoms with E-state index in [1.54, 1.807) is 10.8 Å². The number of hydrogen-bond acceptors (Lipinski definition) is 3. The molecule has 1 aromatic heterocycles. The number of carboxylic acid groups (broad SMARTS) is 1. The van der Waals surface area contributed by atoms with Gasteiger partial charge in [-0.2, -0.15) is 0 Å². The van der Waals surface area contributed by atoms with Gasteiger partial charge in [-0.3, -0.25) is 0 Å². The number of rotatable bonds is 7. The van der Waals surface area contributed by atoms with Gasteiger partial charge < -0.3 is 10.4 Å². The molecular formula is C32H25Br2N2O3+. The molecule has 0 amide bonds. The first kappa shape index (κ1) is 26.9. The summed E-state index contributed by atoms with van der Waals surface area (Å²) in [7, 11) is 0. The Hall–Kier alpha value is -3.65. The van der Waals surface area contributed by atoms with Crippen LogP contribution in [0.5, 0.6) is 0 Å². The summed E-state index contributed by atoms with van der Waals surface area (Å²) in [6, 6.07) is 29.7. The smallest absolute Gasteiger partial charge is 0.425 e. The lowest BCUT2D eigenvalue weighted by Crippen LogP contribution is -2.43. The van der Waals surface area contributed by atoms with Gasteiger partial charge in [0.1, 0.15) is 5.56 Å². The number of pyridine rings is 1. The Morgan fingerprint density at radius 2 is 1.54 bits per heavy atom. The summed E-state index contributed by atoms with van der Waals surface area (Å²) in [6.45, 7) is 2.68. The maximum absolute atomic E-state index is 13.6. The molecule has 0 aliphatic heterocycles. The number of nitrogens with one attached hydrogen (secondary N) is 1. The van der Waals surface area contributed by atoms with E-state index < -0.39 is 5.97 Å². The molecule has 0 aliphatic rings. The largest absolute Gasteiger partial charge is 0.478 e. The zero-order valence-corrected chi connectivity index (χ0v) is 24.2. The van der Waals surface area contributed by atoms with Crippen molar-refractivity contribution in [3.63, 3.8) is 0 Å². The highest BCUT2D eigenvalue weighted by atomic mass is 79.9. The Morgan fingerprint density at radius 1 is 0.872 bits per heavy atom. The number of carbonyl (C=O) groups is 2. The third-order valence-electron chi connectivity index (χ3n) is 6.77. The van der Waals surface area contributed by atoms with Crippen LogP contribution in [0.3, 0.4) is 0 Å². The van der Waals surface area contributed by atoms with Crippen LogP contribution < -0.4 is 9.88 Å². The van der Waals surface area contributed by atoms with Gasteiger partial charge in [-0.25, -0.2) is 9.59 Å². The maximum Gasteiger partial charge on any atom is 0.425 e. The fraction of sp³-hybridized carbons (Fsp3) is 0.0938. The van der Waals surface area contributed by atoms with Gasteiger partial charge in [-0.05, 0) is 78.4 Å². The SMILES string of the molecule is C[C@@H](NCc1c[n+](C(=O)c2cc(Br)c(C(=O)O)cc2Br)ccc1-c1ccccc1)c1cccc2ccccc12. The van der Waals surface area contributed by atoms with Gasteiger partial charge in [0.15, 0.2) is 12.4 Å². The molecule has 0 unspecified atom stereocenters. The van der Waals surface area contributed by atoms with Crippen LogP contribution in [0.25, 0.3) is 21.9 Å². The lowest BCUT2D eigenvalue weighted by molar-refractivity contribution is -0.571. The predicted octanol–water partition coefficient (Wildman–Crippen LogP) is 7.56. The van der Waals surface area contributed by atoms with E-state index in [0.29, 0.717) is 21.1 Å². The number of carboxylic acids is 1. The number of fused-ring (bicyclic) bond motifs is 1. The number of hydrogen-bond donors (Lipinski definition) is 2. The summed E-state index contributed by atoms with van der Waals surface area (Å²) in [6.07, 6.45) is 3.59. The van der Waals surface area contributed by atoms with Gasteiger partial charge in [0.05, 0.1) is 5.56 Å². The topological polar surface area (TPSA) is 70.3 Å². The van der Waals surface area contributed by atoms with Crippen molar-refractivity contribution in [1.29, 1.82) is 0 Å². The minimum atomic E-state index is -1.07. The zero-order valence-electron chi connectivity index (χ0n) is 21.1. The monoisotopic (exact) mass is 643 g/mol. The molecule has 0 spiro atoms. The summed E-state index contributed by atoms with van der Waals surface area (Å²) < 4.78 is 2.30. The number of aromatic nitrogens is 1. The fourth-order valence-corrected chi connectivity index (χ4v) is 5.75. The predicted molar refractivity (Wildman–Crippen MR) is 160 cm³/mol. The van der Waals surface area contributed by atoms with E-state index in [-0.39, 0.29) is 17.5 Å². The van der Waals surface area contributed by atoms with Crippen LogP contribution in [0.4, 0.5) is 0 Å². The molecule has 2 N–H and O–H groups in total. The van der Waals surface area contributed by atoms with Crippen LogP contribution in [0.2, 0.25) is 0 Å². The van der Waals surface area contributed by atoms with Crippen LogP contribution in [-0.4, -0.2) is 17.0 Å². The van der Waals surface area contributed by atoms with Crippen molar-refractivity contribution >= 4 is 54.5 Å². The van der Waals surface area contributed by atoms with Crippen molar-refractivity contribution in [2.75, 3.05) is 0 Å². The lowest BCUT2D eigenvalue weighted by Gasteiger charge is -2.17. The molecule has 194 valence electrons. The number of aromatic carboxylic acids is 1. The van der Waals surface area contributed by atoms with E-state index in [1.165, 1.54) is 28.5 Å². The Balaban J connectivity index is 1.50. The molecule has 0 fully saturated rings. The first-order valence-electron chi connectivity index (χ1n) is 12.4. The Labute approximate surface area is 243 Å². The molecule has 5 aromatic rings. The van der Waals surface area contributed by atoms with Crippen LogP contribution in [0, 0.1) is 0 Å². The second-order valence-electron chi connectivity index (χ2n) is 9.25. The second kappa shape index (κ2) is 11.6. The summed E-state index contributed by atoms with van der Waals surface area (Å²) >= 11 is 6.67.